The van der Waals surface area contributed by atoms with Gasteiger partial charge in [-0.25, -0.2) is 4.39 Å². The van der Waals surface area contributed by atoms with Gasteiger partial charge in [-0.05, 0) is 94.4 Å². The number of aromatic nitrogens is 2. The molecule has 1 aromatic heterocycles. The van der Waals surface area contributed by atoms with E-state index in [1.807, 2.05) is 13.0 Å². The lowest BCUT2D eigenvalue weighted by Crippen LogP contribution is -2.52. The molecular weight excluding hydrogens is 407 g/mol. The van der Waals surface area contributed by atoms with Gasteiger partial charge >= 0.3 is 0 Å². The van der Waals surface area contributed by atoms with Gasteiger partial charge in [0.1, 0.15) is 11.9 Å². The molecule has 0 radical (unpaired) electrons. The van der Waals surface area contributed by atoms with Crippen molar-refractivity contribution >= 4 is 0 Å². The van der Waals surface area contributed by atoms with Gasteiger partial charge in [0.05, 0.1) is 11.8 Å². The van der Waals surface area contributed by atoms with Crippen LogP contribution in [-0.2, 0) is 0 Å². The Morgan fingerprint density at radius 1 is 0.906 bits per heavy atom. The summed E-state index contributed by atoms with van der Waals surface area (Å²) >= 11 is 0. The van der Waals surface area contributed by atoms with Gasteiger partial charge in [-0.1, -0.05) is 6.07 Å². The number of piperidine rings is 6. The molecule has 2 atom stereocenters. The smallest absolute Gasteiger partial charge is 0.233 e. The number of aliphatic hydroxyl groups excluding tert-OH is 1. The quantitative estimate of drug-likeness (QED) is 0.791. The molecule has 2 aromatic rings. The maximum absolute atomic E-state index is 14.0. The van der Waals surface area contributed by atoms with Crippen LogP contribution in [0.1, 0.15) is 31.2 Å². The summed E-state index contributed by atoms with van der Waals surface area (Å²) in [4.78, 5) is 4.79. The highest BCUT2D eigenvalue weighted by atomic mass is 19.1. The average Bonchev–Trinajstić information content (AvgIpc) is 2.82. The summed E-state index contributed by atoms with van der Waals surface area (Å²) in [6.07, 6.45) is 5.04. The van der Waals surface area contributed by atoms with Gasteiger partial charge in [0, 0.05) is 24.7 Å². The largest absolute Gasteiger partial charge is 0.472 e. The monoisotopic (exact) mass is 440 g/mol. The highest BCUT2D eigenvalue weighted by molar-refractivity contribution is 5.59. The van der Waals surface area contributed by atoms with E-state index in [2.05, 4.69) is 20.0 Å². The lowest BCUT2D eigenvalue weighted by Gasteiger charge is -2.44. The molecule has 0 unspecified atom stereocenters. The molecule has 1 aromatic carbocycles. The first-order valence-corrected chi connectivity index (χ1v) is 11.9. The zero-order chi connectivity index (χ0) is 22.1. The Morgan fingerprint density at radius 3 is 2.06 bits per heavy atom. The van der Waals surface area contributed by atoms with Gasteiger partial charge in [0.15, 0.2) is 0 Å². The van der Waals surface area contributed by atoms with Crippen LogP contribution in [0.15, 0.2) is 30.3 Å². The van der Waals surface area contributed by atoms with Crippen LogP contribution in [0.2, 0.25) is 0 Å². The lowest BCUT2D eigenvalue weighted by atomic mass is 9.86. The molecule has 32 heavy (non-hydrogen) atoms. The van der Waals surface area contributed by atoms with Crippen LogP contribution in [0.5, 0.6) is 5.88 Å². The third-order valence-electron chi connectivity index (χ3n) is 7.53. The Labute approximate surface area is 189 Å². The van der Waals surface area contributed by atoms with Crippen LogP contribution in [0.4, 0.5) is 4.39 Å². The standard InChI is InChI=1S/C18H20FN3O.C7H13NO/c1-12-2-3-14(15(19)10-12)16-4-5-18(21-20-16)23-17-11-22-8-6-13(17)7-9-22;9-7-5-8-3-1-6(7)2-4-8/h2-5,10,13,17H,6-9,11H2,1H3;6-7,9H,1-5H2/t17-;7-/m00/s1. The fourth-order valence-corrected chi connectivity index (χ4v) is 5.49. The third kappa shape index (κ3) is 4.80. The molecule has 6 fully saturated rings. The summed E-state index contributed by atoms with van der Waals surface area (Å²) < 4.78 is 20.0. The molecular formula is C25H33FN4O2. The predicted molar refractivity (Wildman–Crippen MR) is 121 cm³/mol. The minimum atomic E-state index is -0.273. The third-order valence-corrected chi connectivity index (χ3v) is 7.53. The van der Waals surface area contributed by atoms with Crippen LogP contribution in [0, 0.1) is 24.6 Å². The van der Waals surface area contributed by atoms with Crippen LogP contribution in [-0.4, -0.2) is 76.6 Å². The molecule has 0 spiro atoms. The van der Waals surface area contributed by atoms with Crippen LogP contribution in [0.3, 0.4) is 0 Å². The van der Waals surface area contributed by atoms with Crippen molar-refractivity contribution < 1.29 is 14.2 Å². The molecule has 1 N–H and O–H groups in total. The molecule has 6 nitrogen and oxygen atoms in total. The van der Waals surface area contributed by atoms with Gasteiger partial charge in [-0.15, -0.1) is 10.2 Å². The number of halogens is 1. The van der Waals surface area contributed by atoms with Crippen LogP contribution >= 0.6 is 0 Å². The topological polar surface area (TPSA) is 61.7 Å². The summed E-state index contributed by atoms with van der Waals surface area (Å²) in [6, 6.07) is 8.69. The number of aliphatic hydroxyl groups is 1. The Kier molecular flexibility index (Phi) is 6.40. The van der Waals surface area contributed by atoms with Crippen molar-refractivity contribution in [3.05, 3.63) is 41.7 Å². The number of hydrogen-bond acceptors (Lipinski definition) is 6. The van der Waals surface area contributed by atoms with Crippen molar-refractivity contribution in [2.75, 3.05) is 39.3 Å². The molecule has 0 amide bonds. The molecule has 0 saturated carbocycles. The summed E-state index contributed by atoms with van der Waals surface area (Å²) in [6.45, 7) is 8.59. The van der Waals surface area contributed by atoms with Gasteiger partial charge in [-0.2, -0.15) is 0 Å². The van der Waals surface area contributed by atoms with Crippen molar-refractivity contribution in [1.82, 2.24) is 20.0 Å². The molecule has 6 aliphatic heterocycles. The van der Waals surface area contributed by atoms with Crippen molar-refractivity contribution in [1.29, 1.82) is 0 Å². The fourth-order valence-electron chi connectivity index (χ4n) is 5.49. The number of nitrogens with zero attached hydrogens (tertiary/aromatic N) is 4. The van der Waals surface area contributed by atoms with Gasteiger partial charge < -0.3 is 14.7 Å². The van der Waals surface area contributed by atoms with E-state index in [9.17, 15) is 9.50 Å². The van der Waals surface area contributed by atoms with E-state index in [1.165, 1.54) is 57.9 Å². The number of rotatable bonds is 3. The number of hydrogen-bond donors (Lipinski definition) is 1. The van der Waals surface area contributed by atoms with Crippen LogP contribution < -0.4 is 4.74 Å². The molecule has 6 aliphatic rings. The molecule has 8 rings (SSSR count). The van der Waals surface area contributed by atoms with Crippen LogP contribution in [0.25, 0.3) is 11.3 Å². The van der Waals surface area contributed by atoms with Crippen molar-refractivity contribution in [2.24, 2.45) is 11.8 Å². The zero-order valence-electron chi connectivity index (χ0n) is 18.8. The Hall–Kier alpha value is -2.09. The SMILES string of the molecule is Cc1ccc(-c2ccc(O[C@H]3CN4CCC3CC4)nn2)c(F)c1.O[C@H]1CN2CCC1CC2. The number of ether oxygens (including phenoxy) is 1. The maximum atomic E-state index is 14.0. The number of benzene rings is 1. The minimum Gasteiger partial charge on any atom is -0.472 e. The summed E-state index contributed by atoms with van der Waals surface area (Å²) in [7, 11) is 0. The first-order valence-electron chi connectivity index (χ1n) is 11.9. The minimum absolute atomic E-state index is 0.00694. The maximum Gasteiger partial charge on any atom is 0.233 e. The Bertz CT molecular complexity index is 909. The van der Waals surface area contributed by atoms with Crippen molar-refractivity contribution in [3.8, 4) is 17.1 Å². The van der Waals surface area contributed by atoms with Gasteiger partial charge in [0.25, 0.3) is 0 Å². The summed E-state index contributed by atoms with van der Waals surface area (Å²) in [5, 5.41) is 17.6. The van der Waals surface area contributed by atoms with Crippen molar-refractivity contribution in [2.45, 2.75) is 44.8 Å². The Morgan fingerprint density at radius 2 is 1.59 bits per heavy atom. The van der Waals surface area contributed by atoms with E-state index in [4.69, 9.17) is 4.74 Å². The summed E-state index contributed by atoms with van der Waals surface area (Å²) in [5.74, 6) is 1.51. The van der Waals surface area contributed by atoms with E-state index in [1.54, 1.807) is 18.2 Å². The number of fused-ring (bicyclic) bond motifs is 6. The Balaban J connectivity index is 0.000000199. The molecule has 7 heterocycles. The average molecular weight is 441 g/mol. The normalized spacial score (nSPS) is 32.8. The fraction of sp³-hybridized carbons (Fsp3) is 0.600. The second-order valence-corrected chi connectivity index (χ2v) is 9.74. The second kappa shape index (κ2) is 9.41. The summed E-state index contributed by atoms with van der Waals surface area (Å²) in [5.41, 5.74) is 1.89. The molecule has 0 aliphatic carbocycles. The molecule has 172 valence electrons. The second-order valence-electron chi connectivity index (χ2n) is 9.74. The van der Waals surface area contributed by atoms with E-state index in [-0.39, 0.29) is 18.0 Å². The van der Waals surface area contributed by atoms with E-state index in [0.717, 1.165) is 18.7 Å². The first-order chi connectivity index (χ1) is 15.5. The first kappa shape index (κ1) is 21.7. The highest BCUT2D eigenvalue weighted by Gasteiger charge is 2.36. The van der Waals surface area contributed by atoms with E-state index in [0.29, 0.717) is 29.0 Å². The molecule has 7 heteroatoms. The molecule has 4 bridgehead atoms. The highest BCUT2D eigenvalue weighted by Crippen LogP contribution is 2.30. The predicted octanol–water partition coefficient (Wildman–Crippen LogP) is 3.14. The lowest BCUT2D eigenvalue weighted by molar-refractivity contribution is -0.0227. The van der Waals surface area contributed by atoms with E-state index >= 15 is 0 Å². The molecule has 6 saturated heterocycles. The van der Waals surface area contributed by atoms with Crippen molar-refractivity contribution in [3.63, 3.8) is 0 Å². The van der Waals surface area contributed by atoms with E-state index < -0.39 is 0 Å². The number of aryl methyl sites for hydroxylation is 1. The zero-order valence-corrected chi connectivity index (χ0v) is 18.8. The van der Waals surface area contributed by atoms with Gasteiger partial charge in [0.2, 0.25) is 5.88 Å². The van der Waals surface area contributed by atoms with Gasteiger partial charge in [-0.3, -0.25) is 4.90 Å².